The third-order valence-corrected chi connectivity index (χ3v) is 2.98. The lowest BCUT2D eigenvalue weighted by molar-refractivity contribution is 0.0173. The Morgan fingerprint density at radius 3 is 3.00 bits per heavy atom. The van der Waals surface area contributed by atoms with Crippen LogP contribution in [0, 0.1) is 5.92 Å². The molecule has 0 spiro atoms. The number of hydrogen-bond acceptors (Lipinski definition) is 2. The van der Waals surface area contributed by atoms with E-state index in [1.807, 2.05) is 0 Å². The second kappa shape index (κ2) is 4.49. The molecule has 1 unspecified atom stereocenters. The molecule has 0 saturated carbocycles. The van der Waals surface area contributed by atoms with Crippen LogP contribution in [-0.2, 0) is 12.5 Å². The molecule has 1 aliphatic rings. The van der Waals surface area contributed by atoms with Crippen LogP contribution in [0.1, 0.15) is 25.3 Å². The first kappa shape index (κ1) is 11.5. The number of rotatable bonds is 3. The molecule has 1 aliphatic heterocycles. The maximum atomic E-state index is 13.0. The Bertz CT molecular complexity index is 337. The van der Waals surface area contributed by atoms with E-state index in [0.29, 0.717) is 5.92 Å². The third-order valence-electron chi connectivity index (χ3n) is 2.98. The van der Waals surface area contributed by atoms with E-state index in [-0.39, 0.29) is 5.56 Å². The first-order valence-corrected chi connectivity index (χ1v) is 5.67. The van der Waals surface area contributed by atoms with E-state index < -0.39 is 5.92 Å². The molecule has 0 bridgehead atoms. The van der Waals surface area contributed by atoms with Crippen molar-refractivity contribution in [3.8, 4) is 0 Å². The number of piperidine rings is 1. The largest absolute Gasteiger partial charge is 0.316 e. The van der Waals surface area contributed by atoms with E-state index in [9.17, 15) is 8.78 Å². The lowest BCUT2D eigenvalue weighted by Crippen LogP contribution is -2.32. The molecule has 0 amide bonds. The van der Waals surface area contributed by atoms with Crippen molar-refractivity contribution in [3.05, 3.63) is 18.0 Å². The zero-order valence-electron chi connectivity index (χ0n) is 9.42. The summed E-state index contributed by atoms with van der Waals surface area (Å²) in [6.07, 6.45) is 5.01. The van der Waals surface area contributed by atoms with Crippen LogP contribution >= 0.6 is 0 Å². The van der Waals surface area contributed by atoms with E-state index in [1.165, 1.54) is 12.4 Å². The van der Waals surface area contributed by atoms with Crippen LogP contribution in [0.3, 0.4) is 0 Å². The molecule has 0 aliphatic carbocycles. The number of alkyl halides is 2. The number of aromatic nitrogens is 2. The Balaban J connectivity index is 1.97. The molecule has 16 heavy (non-hydrogen) atoms. The van der Waals surface area contributed by atoms with Gasteiger partial charge >= 0.3 is 0 Å². The fourth-order valence-electron chi connectivity index (χ4n) is 2.03. The van der Waals surface area contributed by atoms with Gasteiger partial charge in [0.1, 0.15) is 0 Å². The van der Waals surface area contributed by atoms with E-state index in [1.54, 1.807) is 4.68 Å². The highest BCUT2D eigenvalue weighted by Crippen LogP contribution is 2.26. The van der Waals surface area contributed by atoms with Gasteiger partial charge < -0.3 is 5.32 Å². The van der Waals surface area contributed by atoms with Gasteiger partial charge in [0.25, 0.3) is 5.92 Å². The van der Waals surface area contributed by atoms with Crippen molar-refractivity contribution in [2.24, 2.45) is 5.92 Å². The molecule has 0 radical (unpaired) electrons. The second-order valence-corrected chi connectivity index (χ2v) is 4.55. The fraction of sp³-hybridized carbons (Fsp3) is 0.727. The summed E-state index contributed by atoms with van der Waals surface area (Å²) in [7, 11) is 0. The first-order valence-electron chi connectivity index (χ1n) is 5.67. The molecule has 0 aromatic carbocycles. The van der Waals surface area contributed by atoms with Crippen LogP contribution in [0.4, 0.5) is 8.78 Å². The number of nitrogens with zero attached hydrogens (tertiary/aromatic N) is 2. The van der Waals surface area contributed by atoms with Gasteiger partial charge in [-0.3, -0.25) is 4.68 Å². The summed E-state index contributed by atoms with van der Waals surface area (Å²) < 4.78 is 27.6. The van der Waals surface area contributed by atoms with E-state index in [2.05, 4.69) is 10.4 Å². The highest BCUT2D eigenvalue weighted by atomic mass is 19.3. The molecule has 2 rings (SSSR count). The van der Waals surface area contributed by atoms with E-state index in [0.717, 1.165) is 39.4 Å². The quantitative estimate of drug-likeness (QED) is 0.859. The molecule has 1 atom stereocenters. The average Bonchev–Trinajstić information content (AvgIpc) is 2.67. The Morgan fingerprint density at radius 2 is 2.44 bits per heavy atom. The van der Waals surface area contributed by atoms with Crippen molar-refractivity contribution in [2.45, 2.75) is 32.2 Å². The van der Waals surface area contributed by atoms with Crippen LogP contribution < -0.4 is 5.32 Å². The molecular formula is C11H17F2N3. The number of hydrogen-bond donors (Lipinski definition) is 1. The van der Waals surface area contributed by atoms with Crippen molar-refractivity contribution in [1.29, 1.82) is 0 Å². The van der Waals surface area contributed by atoms with Gasteiger partial charge in [-0.15, -0.1) is 0 Å². The minimum atomic E-state index is -2.79. The van der Waals surface area contributed by atoms with Crippen molar-refractivity contribution in [3.63, 3.8) is 0 Å². The molecule has 3 nitrogen and oxygen atoms in total. The summed E-state index contributed by atoms with van der Waals surface area (Å²) >= 11 is 0. The standard InChI is InChI=1S/C11H17F2N3/c1-11(12,13)10-6-15-16(8-10)7-9-3-2-4-14-5-9/h6,8-9,14H,2-5,7H2,1H3. The van der Waals surface area contributed by atoms with Gasteiger partial charge in [-0.25, -0.2) is 8.78 Å². The molecule has 2 heterocycles. The number of halogens is 2. The Morgan fingerprint density at radius 1 is 1.62 bits per heavy atom. The summed E-state index contributed by atoms with van der Waals surface area (Å²) in [5.41, 5.74) is -0.00345. The summed E-state index contributed by atoms with van der Waals surface area (Å²) in [4.78, 5) is 0. The van der Waals surface area contributed by atoms with Gasteiger partial charge in [0, 0.05) is 19.7 Å². The fourth-order valence-corrected chi connectivity index (χ4v) is 2.03. The van der Waals surface area contributed by atoms with Gasteiger partial charge in [0.05, 0.1) is 11.8 Å². The van der Waals surface area contributed by atoms with E-state index >= 15 is 0 Å². The normalized spacial score (nSPS) is 22.3. The zero-order valence-corrected chi connectivity index (χ0v) is 9.42. The van der Waals surface area contributed by atoms with Crippen LogP contribution in [0.5, 0.6) is 0 Å². The van der Waals surface area contributed by atoms with Crippen molar-refractivity contribution < 1.29 is 8.78 Å². The molecule has 1 aromatic heterocycles. The summed E-state index contributed by atoms with van der Waals surface area (Å²) in [5.74, 6) is -2.28. The summed E-state index contributed by atoms with van der Waals surface area (Å²) in [5, 5.41) is 7.29. The highest BCUT2D eigenvalue weighted by Gasteiger charge is 2.26. The maximum absolute atomic E-state index is 13.0. The smallest absolute Gasteiger partial charge is 0.273 e. The van der Waals surface area contributed by atoms with Crippen molar-refractivity contribution in [2.75, 3.05) is 13.1 Å². The van der Waals surface area contributed by atoms with E-state index in [4.69, 9.17) is 0 Å². The van der Waals surface area contributed by atoms with Crippen molar-refractivity contribution >= 4 is 0 Å². The molecule has 1 fully saturated rings. The van der Waals surface area contributed by atoms with Crippen LogP contribution in [0.15, 0.2) is 12.4 Å². The van der Waals surface area contributed by atoms with Gasteiger partial charge in [0.15, 0.2) is 0 Å². The monoisotopic (exact) mass is 229 g/mol. The topological polar surface area (TPSA) is 29.9 Å². The predicted octanol–water partition coefficient (Wildman–Crippen LogP) is 1.99. The zero-order chi connectivity index (χ0) is 11.6. The predicted molar refractivity (Wildman–Crippen MR) is 57.4 cm³/mol. The van der Waals surface area contributed by atoms with Crippen molar-refractivity contribution in [1.82, 2.24) is 15.1 Å². The molecule has 1 saturated heterocycles. The lowest BCUT2D eigenvalue weighted by Gasteiger charge is -2.22. The maximum Gasteiger partial charge on any atom is 0.273 e. The van der Waals surface area contributed by atoms with Crippen LogP contribution in [0.2, 0.25) is 0 Å². The average molecular weight is 229 g/mol. The highest BCUT2D eigenvalue weighted by molar-refractivity contribution is 5.10. The van der Waals surface area contributed by atoms with Crippen LogP contribution in [0.25, 0.3) is 0 Å². The molecule has 1 aromatic rings. The first-order chi connectivity index (χ1) is 7.55. The Kier molecular flexibility index (Phi) is 3.23. The lowest BCUT2D eigenvalue weighted by atomic mass is 10.00. The Labute approximate surface area is 93.8 Å². The SMILES string of the molecule is CC(F)(F)c1cnn(CC2CCCNC2)c1. The number of nitrogens with one attached hydrogen (secondary N) is 1. The minimum absolute atomic E-state index is 0.00345. The Hall–Kier alpha value is -0.970. The summed E-state index contributed by atoms with van der Waals surface area (Å²) in [6.45, 7) is 3.64. The second-order valence-electron chi connectivity index (χ2n) is 4.55. The van der Waals surface area contributed by atoms with Crippen LogP contribution in [-0.4, -0.2) is 22.9 Å². The third kappa shape index (κ3) is 2.78. The molecule has 1 N–H and O–H groups in total. The van der Waals surface area contributed by atoms with Gasteiger partial charge in [-0.05, 0) is 31.8 Å². The van der Waals surface area contributed by atoms with Gasteiger partial charge in [-0.1, -0.05) is 0 Å². The minimum Gasteiger partial charge on any atom is -0.316 e. The molecule has 5 heteroatoms. The molecular weight excluding hydrogens is 212 g/mol. The molecule has 90 valence electrons. The van der Waals surface area contributed by atoms with Gasteiger partial charge in [0.2, 0.25) is 0 Å². The van der Waals surface area contributed by atoms with Gasteiger partial charge in [-0.2, -0.15) is 5.10 Å². The summed E-state index contributed by atoms with van der Waals surface area (Å²) in [6, 6.07) is 0.